The molecule has 0 fully saturated rings. The molecule has 24 heavy (non-hydrogen) atoms. The van der Waals surface area contributed by atoms with Crippen molar-refractivity contribution in [1.82, 2.24) is 10.5 Å². The maximum Gasteiger partial charge on any atom is 0.257 e. The first-order valence-corrected chi connectivity index (χ1v) is 8.23. The highest BCUT2D eigenvalue weighted by Crippen LogP contribution is 2.26. The van der Waals surface area contributed by atoms with Crippen molar-refractivity contribution in [3.8, 4) is 0 Å². The number of nitrogens with one attached hydrogen (secondary N) is 1. The molecule has 0 bridgehead atoms. The summed E-state index contributed by atoms with van der Waals surface area (Å²) < 4.78 is 5.32. The van der Waals surface area contributed by atoms with Gasteiger partial charge in [0.2, 0.25) is 0 Å². The molecule has 1 amide bonds. The van der Waals surface area contributed by atoms with Gasteiger partial charge in [-0.25, -0.2) is 0 Å². The minimum atomic E-state index is -0.141. The zero-order valence-corrected chi connectivity index (χ0v) is 14.5. The summed E-state index contributed by atoms with van der Waals surface area (Å²) in [4.78, 5) is 12.8. The quantitative estimate of drug-likeness (QED) is 0.754. The van der Waals surface area contributed by atoms with Gasteiger partial charge in [0.25, 0.3) is 5.91 Å². The topological polar surface area (TPSA) is 55.1 Å². The third-order valence-electron chi connectivity index (χ3n) is 4.28. The molecule has 3 aromatic rings. The molecule has 1 N–H and O–H groups in total. The van der Waals surface area contributed by atoms with Gasteiger partial charge in [-0.2, -0.15) is 0 Å². The van der Waals surface area contributed by atoms with Gasteiger partial charge >= 0.3 is 0 Å². The molecule has 0 spiro atoms. The largest absolute Gasteiger partial charge is 0.360 e. The predicted molar refractivity (Wildman–Crippen MR) is 95.2 cm³/mol. The second kappa shape index (κ2) is 6.48. The maximum absolute atomic E-state index is 12.8. The van der Waals surface area contributed by atoms with E-state index in [1.54, 1.807) is 6.92 Å². The van der Waals surface area contributed by atoms with Gasteiger partial charge in [-0.05, 0) is 30.2 Å². The number of rotatable bonds is 4. The Morgan fingerprint density at radius 3 is 2.54 bits per heavy atom. The lowest BCUT2D eigenvalue weighted by Gasteiger charge is -2.17. The van der Waals surface area contributed by atoms with E-state index in [0.717, 1.165) is 10.9 Å². The van der Waals surface area contributed by atoms with E-state index in [-0.39, 0.29) is 17.9 Å². The zero-order valence-electron chi connectivity index (χ0n) is 14.5. The minimum Gasteiger partial charge on any atom is -0.360 e. The van der Waals surface area contributed by atoms with Crippen LogP contribution in [0.15, 0.2) is 47.0 Å². The molecule has 124 valence electrons. The van der Waals surface area contributed by atoms with Gasteiger partial charge in [0.05, 0.1) is 11.7 Å². The van der Waals surface area contributed by atoms with Crippen molar-refractivity contribution >= 4 is 16.7 Å². The second-order valence-electron chi connectivity index (χ2n) is 6.43. The Bertz CT molecular complexity index is 875. The fourth-order valence-electron chi connectivity index (χ4n) is 3.03. The molecule has 0 radical (unpaired) electrons. The summed E-state index contributed by atoms with van der Waals surface area (Å²) in [5.41, 5.74) is 2.28. The van der Waals surface area contributed by atoms with E-state index < -0.39 is 0 Å². The zero-order chi connectivity index (χ0) is 17.3. The molecule has 1 heterocycles. The van der Waals surface area contributed by atoms with E-state index in [4.69, 9.17) is 4.52 Å². The summed E-state index contributed by atoms with van der Waals surface area (Å²) >= 11 is 0. The number of hydrogen-bond donors (Lipinski definition) is 1. The third-order valence-corrected chi connectivity index (χ3v) is 4.28. The van der Waals surface area contributed by atoms with Gasteiger partial charge in [0.15, 0.2) is 5.76 Å². The first-order valence-electron chi connectivity index (χ1n) is 8.23. The molecule has 0 aliphatic heterocycles. The lowest BCUT2D eigenvalue weighted by molar-refractivity contribution is 0.0937. The molecule has 4 nitrogen and oxygen atoms in total. The third kappa shape index (κ3) is 2.92. The molecule has 1 atom stereocenters. The van der Waals surface area contributed by atoms with Crippen LogP contribution in [-0.4, -0.2) is 11.1 Å². The molecule has 3 rings (SSSR count). The summed E-state index contributed by atoms with van der Waals surface area (Å²) in [7, 11) is 0. The van der Waals surface area contributed by atoms with Crippen LogP contribution in [0.5, 0.6) is 0 Å². The van der Waals surface area contributed by atoms with Crippen molar-refractivity contribution in [1.29, 1.82) is 0 Å². The standard InChI is InChI=1S/C20H22N2O2/c1-12(2)19-18(14(4)22-24-19)20(23)21-13(3)16-11-7-9-15-8-5-6-10-17(15)16/h5-13H,1-4H3,(H,21,23). The monoisotopic (exact) mass is 322 g/mol. The summed E-state index contributed by atoms with van der Waals surface area (Å²) in [5, 5.41) is 9.36. The van der Waals surface area contributed by atoms with Crippen molar-refractivity contribution < 1.29 is 9.32 Å². The number of amides is 1. The highest BCUT2D eigenvalue weighted by Gasteiger charge is 2.24. The number of carbonyl (C=O) groups is 1. The van der Waals surface area contributed by atoms with Crippen molar-refractivity contribution in [2.24, 2.45) is 0 Å². The van der Waals surface area contributed by atoms with Crippen LogP contribution in [0.3, 0.4) is 0 Å². The van der Waals surface area contributed by atoms with Gasteiger partial charge in [0, 0.05) is 5.92 Å². The van der Waals surface area contributed by atoms with Crippen LogP contribution >= 0.6 is 0 Å². The second-order valence-corrected chi connectivity index (χ2v) is 6.43. The van der Waals surface area contributed by atoms with E-state index in [1.807, 2.05) is 39.0 Å². The molecule has 0 saturated heterocycles. The van der Waals surface area contributed by atoms with Crippen LogP contribution in [0.1, 0.15) is 60.1 Å². The fourth-order valence-corrected chi connectivity index (χ4v) is 3.03. The van der Waals surface area contributed by atoms with E-state index in [9.17, 15) is 4.79 Å². The van der Waals surface area contributed by atoms with Crippen LogP contribution in [0, 0.1) is 6.92 Å². The molecule has 0 aliphatic rings. The Labute approximate surface area is 141 Å². The summed E-state index contributed by atoms with van der Waals surface area (Å²) in [5.74, 6) is 0.604. The van der Waals surface area contributed by atoms with Gasteiger partial charge in [-0.15, -0.1) is 0 Å². The van der Waals surface area contributed by atoms with Crippen molar-refractivity contribution in [3.63, 3.8) is 0 Å². The van der Waals surface area contributed by atoms with Crippen molar-refractivity contribution in [2.75, 3.05) is 0 Å². The molecule has 4 heteroatoms. The molecule has 2 aromatic carbocycles. The van der Waals surface area contributed by atoms with E-state index in [2.05, 4.69) is 34.7 Å². The Morgan fingerprint density at radius 1 is 1.08 bits per heavy atom. The Morgan fingerprint density at radius 2 is 1.79 bits per heavy atom. The SMILES string of the molecule is Cc1noc(C(C)C)c1C(=O)NC(C)c1cccc2ccccc12. The Kier molecular flexibility index (Phi) is 4.38. The first-order chi connectivity index (χ1) is 11.5. The number of fused-ring (bicyclic) bond motifs is 1. The van der Waals surface area contributed by atoms with E-state index in [1.165, 1.54) is 5.39 Å². The van der Waals surface area contributed by atoms with E-state index in [0.29, 0.717) is 17.0 Å². The molecule has 1 aromatic heterocycles. The van der Waals surface area contributed by atoms with E-state index >= 15 is 0 Å². The van der Waals surface area contributed by atoms with Crippen molar-refractivity contribution in [3.05, 3.63) is 65.0 Å². The molecular weight excluding hydrogens is 300 g/mol. The van der Waals surface area contributed by atoms with Gasteiger partial charge in [-0.3, -0.25) is 4.79 Å². The van der Waals surface area contributed by atoms with Gasteiger partial charge in [0.1, 0.15) is 5.56 Å². The number of hydrogen-bond acceptors (Lipinski definition) is 3. The highest BCUT2D eigenvalue weighted by atomic mass is 16.5. The number of carbonyl (C=O) groups excluding carboxylic acids is 1. The Hall–Kier alpha value is -2.62. The smallest absolute Gasteiger partial charge is 0.257 e. The number of benzene rings is 2. The first kappa shape index (κ1) is 16.2. The molecule has 0 saturated carbocycles. The summed E-state index contributed by atoms with van der Waals surface area (Å²) in [6.07, 6.45) is 0. The summed E-state index contributed by atoms with van der Waals surface area (Å²) in [6, 6.07) is 14.2. The van der Waals surface area contributed by atoms with Crippen molar-refractivity contribution in [2.45, 2.75) is 39.7 Å². The lowest BCUT2D eigenvalue weighted by Crippen LogP contribution is -2.28. The van der Waals surface area contributed by atoms with Gasteiger partial charge < -0.3 is 9.84 Å². The van der Waals surface area contributed by atoms with Crippen LogP contribution in [0.4, 0.5) is 0 Å². The highest BCUT2D eigenvalue weighted by molar-refractivity contribution is 5.97. The normalized spacial score (nSPS) is 12.5. The minimum absolute atomic E-state index is 0.111. The predicted octanol–water partition coefficient (Wildman–Crippen LogP) is 4.75. The number of aromatic nitrogens is 1. The Balaban J connectivity index is 1.91. The van der Waals surface area contributed by atoms with Crippen LogP contribution in [0.25, 0.3) is 10.8 Å². The maximum atomic E-state index is 12.8. The summed E-state index contributed by atoms with van der Waals surface area (Å²) in [6.45, 7) is 7.78. The van der Waals surface area contributed by atoms with Crippen LogP contribution < -0.4 is 5.32 Å². The number of aryl methyl sites for hydroxylation is 1. The lowest BCUT2D eigenvalue weighted by atomic mass is 9.99. The van der Waals surface area contributed by atoms with Crippen LogP contribution in [0.2, 0.25) is 0 Å². The average molecular weight is 322 g/mol. The van der Waals surface area contributed by atoms with Gasteiger partial charge in [-0.1, -0.05) is 61.5 Å². The molecular formula is C20H22N2O2. The molecule has 1 unspecified atom stereocenters. The fraction of sp³-hybridized carbons (Fsp3) is 0.300. The molecule has 0 aliphatic carbocycles. The number of nitrogens with zero attached hydrogens (tertiary/aromatic N) is 1. The average Bonchev–Trinajstić information content (AvgIpc) is 2.96. The van der Waals surface area contributed by atoms with Crippen LogP contribution in [-0.2, 0) is 0 Å².